The van der Waals surface area contributed by atoms with Gasteiger partial charge in [-0.2, -0.15) is 0 Å². The molecule has 0 bridgehead atoms. The van der Waals surface area contributed by atoms with Crippen LogP contribution in [0.5, 0.6) is 0 Å². The zero-order valence-corrected chi connectivity index (χ0v) is 11.9. The van der Waals surface area contributed by atoms with Crippen LogP contribution in [0.25, 0.3) is 0 Å². The third-order valence-corrected chi connectivity index (χ3v) is 4.36. The molecule has 2 unspecified atom stereocenters. The summed E-state index contributed by atoms with van der Waals surface area (Å²) in [6.45, 7) is 0. The Kier molecular flexibility index (Phi) is 4.21. The highest BCUT2D eigenvalue weighted by Gasteiger charge is 2.38. The number of hydrogen-bond donors (Lipinski definition) is 3. The van der Waals surface area contributed by atoms with Crippen molar-refractivity contribution in [2.75, 3.05) is 0 Å². The normalized spacial score (nSPS) is 27.1. The fraction of sp³-hybridized carbons (Fsp3) is 0.562. The Hall–Kier alpha value is -1.55. The Morgan fingerprint density at radius 1 is 1.10 bits per heavy atom. The van der Waals surface area contributed by atoms with Crippen molar-refractivity contribution in [3.63, 3.8) is 0 Å². The molecule has 3 rings (SSSR count). The fourth-order valence-electron chi connectivity index (χ4n) is 3.11. The van der Waals surface area contributed by atoms with E-state index in [1.54, 1.807) is 0 Å². The van der Waals surface area contributed by atoms with Crippen molar-refractivity contribution in [2.24, 2.45) is 10.8 Å². The van der Waals surface area contributed by atoms with Gasteiger partial charge >= 0.3 is 0 Å². The lowest BCUT2D eigenvalue weighted by atomic mass is 9.96. The smallest absolute Gasteiger partial charge is 0.206 e. The molecule has 2 saturated carbocycles. The number of nitrogens with two attached hydrogens (primary N) is 1. The summed E-state index contributed by atoms with van der Waals surface area (Å²) in [7, 11) is 0. The zero-order valence-electron chi connectivity index (χ0n) is 11.9. The van der Waals surface area contributed by atoms with Crippen molar-refractivity contribution in [2.45, 2.75) is 56.5 Å². The van der Waals surface area contributed by atoms with E-state index in [1.807, 2.05) is 0 Å². The van der Waals surface area contributed by atoms with Gasteiger partial charge in [0.15, 0.2) is 0 Å². The van der Waals surface area contributed by atoms with E-state index in [1.165, 1.54) is 37.7 Å². The second kappa shape index (κ2) is 6.27. The van der Waals surface area contributed by atoms with E-state index in [-0.39, 0.29) is 0 Å². The molecule has 0 spiro atoms. The van der Waals surface area contributed by atoms with E-state index in [0.717, 1.165) is 12.4 Å². The van der Waals surface area contributed by atoms with E-state index in [9.17, 15) is 0 Å². The van der Waals surface area contributed by atoms with Gasteiger partial charge in [-0.15, -0.1) is 0 Å². The first-order valence-electron chi connectivity index (χ1n) is 7.72. The van der Waals surface area contributed by atoms with Gasteiger partial charge in [-0.3, -0.25) is 5.43 Å². The standard InChI is InChI=1S/C16H24N4/c17-20-16(18-13-9-5-2-6-10-13)19-15-11-14(15)12-7-3-1-4-8-12/h1,3-4,7-8,13-15H,2,5-6,9-11,17H2,(H2,18,19,20). The molecule has 1 aromatic carbocycles. The summed E-state index contributed by atoms with van der Waals surface area (Å²) in [5.74, 6) is 6.93. The van der Waals surface area contributed by atoms with Gasteiger partial charge in [0, 0.05) is 12.0 Å². The average molecular weight is 272 g/mol. The number of guanidine groups is 1. The molecule has 2 aliphatic rings. The number of hydrazine groups is 1. The molecule has 0 saturated heterocycles. The predicted molar refractivity (Wildman–Crippen MR) is 82.4 cm³/mol. The van der Waals surface area contributed by atoms with E-state index >= 15 is 0 Å². The first-order chi connectivity index (χ1) is 9.86. The molecule has 4 nitrogen and oxygen atoms in total. The third-order valence-electron chi connectivity index (χ3n) is 4.36. The first-order valence-corrected chi connectivity index (χ1v) is 7.72. The minimum absolute atomic E-state index is 0.375. The van der Waals surface area contributed by atoms with Gasteiger partial charge in [0.05, 0.1) is 6.04 Å². The molecule has 0 aromatic heterocycles. The van der Waals surface area contributed by atoms with E-state index in [4.69, 9.17) is 10.8 Å². The summed E-state index contributed by atoms with van der Waals surface area (Å²) in [6, 6.07) is 11.5. The van der Waals surface area contributed by atoms with Crippen LogP contribution < -0.4 is 16.6 Å². The molecule has 108 valence electrons. The van der Waals surface area contributed by atoms with Gasteiger partial charge in [-0.1, -0.05) is 49.6 Å². The summed E-state index contributed by atoms with van der Waals surface area (Å²) in [5.41, 5.74) is 4.12. The number of rotatable bonds is 3. The van der Waals surface area contributed by atoms with Crippen LogP contribution in [0.1, 0.15) is 50.0 Å². The summed E-state index contributed by atoms with van der Waals surface area (Å²) < 4.78 is 0. The molecule has 4 heteroatoms. The average Bonchev–Trinajstić information content (AvgIpc) is 3.28. The van der Waals surface area contributed by atoms with Gasteiger partial charge < -0.3 is 5.32 Å². The van der Waals surface area contributed by atoms with Crippen LogP contribution in [0.3, 0.4) is 0 Å². The van der Waals surface area contributed by atoms with Crippen LogP contribution in [0.15, 0.2) is 35.3 Å². The lowest BCUT2D eigenvalue weighted by molar-refractivity contribution is 0.410. The zero-order chi connectivity index (χ0) is 13.8. The summed E-state index contributed by atoms with van der Waals surface area (Å²) >= 11 is 0. The molecule has 2 atom stereocenters. The summed E-state index contributed by atoms with van der Waals surface area (Å²) in [4.78, 5) is 4.73. The van der Waals surface area contributed by atoms with E-state index in [2.05, 4.69) is 41.1 Å². The van der Waals surface area contributed by atoms with E-state index < -0.39 is 0 Å². The number of nitrogens with one attached hydrogen (secondary N) is 2. The number of nitrogens with zero attached hydrogens (tertiary/aromatic N) is 1. The molecule has 2 aliphatic carbocycles. The third kappa shape index (κ3) is 3.31. The van der Waals surface area contributed by atoms with Crippen molar-refractivity contribution < 1.29 is 0 Å². The lowest BCUT2D eigenvalue weighted by Gasteiger charge is -2.24. The van der Waals surface area contributed by atoms with Crippen LogP contribution in [-0.2, 0) is 0 Å². The summed E-state index contributed by atoms with van der Waals surface area (Å²) in [5, 5.41) is 3.46. The maximum absolute atomic E-state index is 5.61. The van der Waals surface area contributed by atoms with Crippen LogP contribution in [0, 0.1) is 0 Å². The Labute approximate surface area is 120 Å². The molecule has 0 heterocycles. The molecule has 0 amide bonds. The number of hydrogen-bond acceptors (Lipinski definition) is 2. The second-order valence-electron chi connectivity index (χ2n) is 5.92. The van der Waals surface area contributed by atoms with Gasteiger partial charge in [0.1, 0.15) is 0 Å². The van der Waals surface area contributed by atoms with Gasteiger partial charge in [0.25, 0.3) is 0 Å². The Morgan fingerprint density at radius 3 is 2.55 bits per heavy atom. The highest BCUT2D eigenvalue weighted by molar-refractivity contribution is 5.80. The molecule has 0 aliphatic heterocycles. The molecule has 1 aromatic rings. The van der Waals surface area contributed by atoms with Crippen molar-refractivity contribution in [1.29, 1.82) is 0 Å². The monoisotopic (exact) mass is 272 g/mol. The lowest BCUT2D eigenvalue weighted by Crippen LogP contribution is -2.47. The largest absolute Gasteiger partial charge is 0.353 e. The highest BCUT2D eigenvalue weighted by Crippen LogP contribution is 2.43. The van der Waals surface area contributed by atoms with Crippen molar-refractivity contribution >= 4 is 5.96 Å². The van der Waals surface area contributed by atoms with Gasteiger partial charge in [-0.25, -0.2) is 10.8 Å². The Morgan fingerprint density at radius 2 is 1.85 bits per heavy atom. The van der Waals surface area contributed by atoms with Gasteiger partial charge in [0.2, 0.25) is 5.96 Å². The van der Waals surface area contributed by atoms with Crippen LogP contribution >= 0.6 is 0 Å². The topological polar surface area (TPSA) is 62.4 Å². The summed E-state index contributed by atoms with van der Waals surface area (Å²) in [6.07, 6.45) is 7.57. The van der Waals surface area contributed by atoms with Gasteiger partial charge in [-0.05, 0) is 24.8 Å². The fourth-order valence-corrected chi connectivity index (χ4v) is 3.11. The van der Waals surface area contributed by atoms with E-state index in [0.29, 0.717) is 18.0 Å². The maximum atomic E-state index is 5.61. The second-order valence-corrected chi connectivity index (χ2v) is 5.92. The van der Waals surface area contributed by atoms with Crippen molar-refractivity contribution in [3.8, 4) is 0 Å². The minimum atomic E-state index is 0.375. The van der Waals surface area contributed by atoms with Crippen LogP contribution in [0.2, 0.25) is 0 Å². The molecule has 4 N–H and O–H groups in total. The Balaban J connectivity index is 1.57. The Bertz CT molecular complexity index is 451. The SMILES string of the molecule is NNC(=NC1CC1c1ccccc1)NC1CCCCC1. The minimum Gasteiger partial charge on any atom is -0.353 e. The predicted octanol–water partition coefficient (Wildman–Crippen LogP) is 2.28. The van der Waals surface area contributed by atoms with Crippen LogP contribution in [-0.4, -0.2) is 18.0 Å². The number of benzene rings is 1. The number of aliphatic imine (C=N–C) groups is 1. The van der Waals surface area contributed by atoms with Crippen LogP contribution in [0.4, 0.5) is 0 Å². The molecular weight excluding hydrogens is 248 g/mol. The molecule has 20 heavy (non-hydrogen) atoms. The van der Waals surface area contributed by atoms with Crippen molar-refractivity contribution in [3.05, 3.63) is 35.9 Å². The first kappa shape index (κ1) is 13.4. The molecule has 2 fully saturated rings. The quantitative estimate of drug-likeness (QED) is 0.342. The molecular formula is C16H24N4. The molecule has 0 radical (unpaired) electrons. The highest BCUT2D eigenvalue weighted by atomic mass is 15.3. The van der Waals surface area contributed by atoms with Crippen molar-refractivity contribution in [1.82, 2.24) is 10.7 Å². The maximum Gasteiger partial charge on any atom is 0.206 e.